The molecule has 2 aromatic heterocycles. The van der Waals surface area contributed by atoms with Gasteiger partial charge >= 0.3 is 0 Å². The molecule has 0 saturated carbocycles. The van der Waals surface area contributed by atoms with Gasteiger partial charge in [-0.1, -0.05) is 0 Å². The lowest BCUT2D eigenvalue weighted by molar-refractivity contribution is -0.421. The quantitative estimate of drug-likeness (QED) is 0.591. The van der Waals surface area contributed by atoms with Crippen LogP contribution in [0.5, 0.6) is 0 Å². The second-order valence-corrected chi connectivity index (χ2v) is 2.98. The summed E-state index contributed by atoms with van der Waals surface area (Å²) in [6.45, 7) is 1.96. The minimum absolute atomic E-state index is 0. The fraction of sp³-hybridized carbons (Fsp3) is 0.250. The molecule has 0 saturated heterocycles. The van der Waals surface area contributed by atoms with Gasteiger partial charge in [-0.2, -0.15) is 10.2 Å². The third kappa shape index (κ3) is 2.28. The van der Waals surface area contributed by atoms with Gasteiger partial charge in [0.25, 0.3) is 0 Å². The van der Waals surface area contributed by atoms with Crippen LogP contribution in [0, 0.1) is 0 Å². The molecule has 0 aliphatic heterocycles. The average Bonchev–Trinajstić information content (AvgIpc) is 2.70. The normalized spacial score (nSPS) is 11.9. The molecule has 3 N–H and O–H groups in total. The van der Waals surface area contributed by atoms with Gasteiger partial charge in [-0.25, -0.2) is 9.97 Å². The molecular weight excluding hydrogens is 216 g/mol. The molecule has 2 heterocycles. The molecule has 0 spiro atoms. The van der Waals surface area contributed by atoms with E-state index in [1.807, 2.05) is 6.92 Å². The van der Waals surface area contributed by atoms with E-state index in [4.69, 9.17) is 0 Å². The van der Waals surface area contributed by atoms with Gasteiger partial charge in [0.15, 0.2) is 0 Å². The van der Waals surface area contributed by atoms with Crippen molar-refractivity contribution in [2.45, 2.75) is 13.0 Å². The Morgan fingerprint density at radius 1 is 1.20 bits per heavy atom. The summed E-state index contributed by atoms with van der Waals surface area (Å²) in [5.74, 6) is 0.639. The van der Waals surface area contributed by atoms with Crippen molar-refractivity contribution in [2.75, 3.05) is 0 Å². The van der Waals surface area contributed by atoms with Crippen LogP contribution < -0.4 is 18.1 Å². The summed E-state index contributed by atoms with van der Waals surface area (Å²) in [6, 6.07) is 0.0599. The maximum atomic E-state index is 4.21. The third-order valence-electron chi connectivity index (χ3n) is 1.78. The molecule has 1 unspecified atom stereocenters. The highest BCUT2D eigenvalue weighted by atomic mass is 35.5. The highest BCUT2D eigenvalue weighted by Gasteiger charge is 2.14. The number of rotatable bonds is 2. The van der Waals surface area contributed by atoms with Gasteiger partial charge in [0, 0.05) is 15.2 Å². The summed E-state index contributed by atoms with van der Waals surface area (Å²) in [7, 11) is 0. The summed E-state index contributed by atoms with van der Waals surface area (Å²) < 4.78 is 0. The molecule has 0 aliphatic rings. The van der Waals surface area contributed by atoms with Gasteiger partial charge in [0.1, 0.15) is 11.7 Å². The molecule has 0 bridgehead atoms. The standard InChI is InChI=1S/C8H10N6.ClH.2H2/c1-6(9)7-8(11-3-2-10-7)14-12-4-5-13-14;;;/h2-6H,9H2,1H3;3*1H. The fourth-order valence-electron chi connectivity index (χ4n) is 1.17. The van der Waals surface area contributed by atoms with Gasteiger partial charge < -0.3 is 18.1 Å². The lowest BCUT2D eigenvalue weighted by Gasteiger charge is -2.05. The number of aromatic nitrogens is 5. The van der Waals surface area contributed by atoms with Crippen molar-refractivity contribution in [2.24, 2.45) is 0 Å². The highest BCUT2D eigenvalue weighted by molar-refractivity contribution is 5.25. The number of quaternary nitrogens is 1. The Kier molecular flexibility index (Phi) is 3.70. The Hall–Kier alpha value is -1.53. The molecule has 0 aliphatic carbocycles. The molecular formula is C8H15ClN6. The lowest BCUT2D eigenvalue weighted by Crippen LogP contribution is -3.00. The summed E-state index contributed by atoms with van der Waals surface area (Å²) in [4.78, 5) is 9.83. The van der Waals surface area contributed by atoms with E-state index in [2.05, 4.69) is 25.9 Å². The number of halogens is 1. The van der Waals surface area contributed by atoms with Crippen molar-refractivity contribution in [3.63, 3.8) is 0 Å². The predicted octanol–water partition coefficient (Wildman–Crippen LogP) is -3.14. The lowest BCUT2D eigenvalue weighted by atomic mass is 10.2. The van der Waals surface area contributed by atoms with Crippen LogP contribution in [0.25, 0.3) is 5.82 Å². The molecule has 15 heavy (non-hydrogen) atoms. The summed E-state index contributed by atoms with van der Waals surface area (Å²) in [5, 5.41) is 8.01. The van der Waals surface area contributed by atoms with Crippen LogP contribution in [0.15, 0.2) is 24.8 Å². The minimum atomic E-state index is 0. The van der Waals surface area contributed by atoms with E-state index >= 15 is 0 Å². The maximum absolute atomic E-state index is 4.21. The molecule has 0 amide bonds. The van der Waals surface area contributed by atoms with E-state index < -0.39 is 0 Å². The van der Waals surface area contributed by atoms with E-state index in [9.17, 15) is 0 Å². The Balaban J connectivity index is 0. The van der Waals surface area contributed by atoms with Crippen molar-refractivity contribution in [3.05, 3.63) is 30.5 Å². The largest absolute Gasteiger partial charge is 1.00 e. The van der Waals surface area contributed by atoms with Crippen LogP contribution >= 0.6 is 0 Å². The van der Waals surface area contributed by atoms with Gasteiger partial charge in [-0.3, -0.25) is 0 Å². The number of hydrogen-bond donors (Lipinski definition) is 1. The van der Waals surface area contributed by atoms with Crippen LogP contribution in [0.2, 0.25) is 0 Å². The van der Waals surface area contributed by atoms with Crippen LogP contribution in [0.1, 0.15) is 21.5 Å². The van der Waals surface area contributed by atoms with Gasteiger partial charge in [0.05, 0.1) is 12.4 Å². The monoisotopic (exact) mass is 230 g/mol. The third-order valence-corrected chi connectivity index (χ3v) is 1.78. The molecule has 84 valence electrons. The molecule has 2 aromatic rings. The first kappa shape index (κ1) is 11.5. The smallest absolute Gasteiger partial charge is 0.202 e. The molecule has 0 aromatic carbocycles. The van der Waals surface area contributed by atoms with Crippen LogP contribution in [-0.4, -0.2) is 25.0 Å². The molecule has 6 nitrogen and oxygen atoms in total. The van der Waals surface area contributed by atoms with E-state index in [-0.39, 0.29) is 21.3 Å². The first-order valence-electron chi connectivity index (χ1n) is 4.29. The Morgan fingerprint density at radius 2 is 1.80 bits per heavy atom. The van der Waals surface area contributed by atoms with Crippen LogP contribution in [0.3, 0.4) is 0 Å². The zero-order chi connectivity index (χ0) is 9.97. The second kappa shape index (κ2) is 4.81. The summed E-state index contributed by atoms with van der Waals surface area (Å²) in [5.41, 5.74) is 4.70. The highest BCUT2D eigenvalue weighted by Crippen LogP contribution is 2.10. The fourth-order valence-corrected chi connectivity index (χ4v) is 1.17. The Bertz CT molecular complexity index is 422. The van der Waals surface area contributed by atoms with E-state index in [0.717, 1.165) is 5.69 Å². The zero-order valence-corrected chi connectivity index (χ0v) is 8.96. The Labute approximate surface area is 95.9 Å². The zero-order valence-electron chi connectivity index (χ0n) is 8.21. The predicted molar refractivity (Wildman–Crippen MR) is 52.5 cm³/mol. The van der Waals surface area contributed by atoms with Crippen molar-refractivity contribution in [1.82, 2.24) is 25.0 Å². The van der Waals surface area contributed by atoms with Crippen molar-refractivity contribution < 1.29 is 21.0 Å². The van der Waals surface area contributed by atoms with Gasteiger partial charge in [-0.15, -0.1) is 4.80 Å². The van der Waals surface area contributed by atoms with Gasteiger partial charge in [0.2, 0.25) is 5.82 Å². The second-order valence-electron chi connectivity index (χ2n) is 2.98. The number of hydrogen-bond acceptors (Lipinski definition) is 4. The average molecular weight is 231 g/mol. The maximum Gasteiger partial charge on any atom is 0.202 e. The number of nitrogens with zero attached hydrogens (tertiary/aromatic N) is 5. The van der Waals surface area contributed by atoms with Crippen molar-refractivity contribution in [1.29, 1.82) is 0 Å². The topological polar surface area (TPSA) is 84.1 Å². The SMILES string of the molecule is CC([NH3+])c1nccnc1-n1nccn1.[Cl-].[HH].[HH]. The minimum Gasteiger partial charge on any atom is -1.00 e. The molecule has 1 atom stereocenters. The first-order valence-corrected chi connectivity index (χ1v) is 4.29. The summed E-state index contributed by atoms with van der Waals surface area (Å²) >= 11 is 0. The van der Waals surface area contributed by atoms with Crippen LogP contribution in [0.4, 0.5) is 0 Å². The van der Waals surface area contributed by atoms with Crippen molar-refractivity contribution in [3.8, 4) is 5.82 Å². The van der Waals surface area contributed by atoms with Crippen LogP contribution in [-0.2, 0) is 0 Å². The summed E-state index contributed by atoms with van der Waals surface area (Å²) in [6.07, 6.45) is 6.47. The van der Waals surface area contributed by atoms with Crippen molar-refractivity contribution >= 4 is 0 Å². The molecule has 0 fully saturated rings. The van der Waals surface area contributed by atoms with E-state index in [1.165, 1.54) is 4.80 Å². The molecule has 7 heteroatoms. The Morgan fingerprint density at radius 3 is 2.40 bits per heavy atom. The molecule has 2 rings (SSSR count). The first-order chi connectivity index (χ1) is 6.79. The molecule has 0 radical (unpaired) electrons. The van der Waals surface area contributed by atoms with E-state index in [1.54, 1.807) is 24.8 Å². The van der Waals surface area contributed by atoms with E-state index in [0.29, 0.717) is 5.82 Å². The van der Waals surface area contributed by atoms with Gasteiger partial charge in [-0.05, 0) is 6.92 Å².